The van der Waals surface area contributed by atoms with Crippen molar-refractivity contribution in [3.8, 4) is 0 Å². The Morgan fingerprint density at radius 3 is 1.43 bits per heavy atom. The Morgan fingerprint density at radius 2 is 1.00 bits per heavy atom. The van der Waals surface area contributed by atoms with Gasteiger partial charge in [0.15, 0.2) is 0 Å². The van der Waals surface area contributed by atoms with Gasteiger partial charge in [0.25, 0.3) is 0 Å². The Kier molecular flexibility index (Phi) is 29.2. The van der Waals surface area contributed by atoms with Crippen molar-refractivity contribution in [2.75, 3.05) is 31.8 Å². The molecule has 0 bridgehead atoms. The Morgan fingerprint density at radius 1 is 0.570 bits per heavy atom. The van der Waals surface area contributed by atoms with Crippen LogP contribution >= 0.6 is 70.4 Å². The van der Waals surface area contributed by atoms with Crippen molar-refractivity contribution in [1.29, 1.82) is 0 Å². The summed E-state index contributed by atoms with van der Waals surface area (Å²) in [5, 5.41) is 20.2. The molecule has 1 aliphatic heterocycles. The molecule has 8 aromatic rings. The highest BCUT2D eigenvalue weighted by atomic mass is 35.5. The molecule has 9 rings (SSSR count). The molecule has 86 heavy (non-hydrogen) atoms. The van der Waals surface area contributed by atoms with E-state index in [0.717, 1.165) is 133 Å². The van der Waals surface area contributed by atoms with Crippen LogP contribution in [0.1, 0.15) is 101 Å². The number of hydrazine groups is 1. The van der Waals surface area contributed by atoms with E-state index in [2.05, 4.69) is 25.5 Å². The Hall–Kier alpha value is -7.09. The second kappa shape index (κ2) is 34.3. The Balaban J connectivity index is 0.000000274. The summed E-state index contributed by atoms with van der Waals surface area (Å²) in [6.07, 6.45) is 2.17. The number of nitrogens with one attached hydrogen (secondary N) is 4. The number of Topliss-reactive ketones (excluding diaryl/α,β-unsaturated/α-hetero) is 1. The van der Waals surface area contributed by atoms with Gasteiger partial charge in [0.2, 0.25) is 5.91 Å². The zero-order valence-corrected chi connectivity index (χ0v) is 54.9. The number of amides is 1. The number of carbonyl (C=O) groups is 6. The van der Waals surface area contributed by atoms with Crippen molar-refractivity contribution in [2.45, 2.75) is 114 Å². The maximum atomic E-state index is 11.7. The minimum atomic E-state index is -0.916. The average Bonchev–Trinajstić information content (AvgIpc) is 3.12. The van der Waals surface area contributed by atoms with Crippen LogP contribution in [0.5, 0.6) is 0 Å². The van der Waals surface area contributed by atoms with E-state index in [9.17, 15) is 28.8 Å². The standard InChI is InChI=1S/3C13H14ClNO2.C12H13ClN2O.C7H9ClN2.C5H8O3.ClH/c2*1-7-4-10-9(5-13(16)17-3)8(2)15-12(10)6-11(7)14;1-7-4-5-10-12(13(7)14)9(8(2)15-10)6-11(16)17-3;1-8-3-5-10(7-11(8)13)15-12(16)6-4-9(2)14-15;1-5-2-3-6(10-9)4-7(5)8;1-4(6)2-3-5(7)8;/h2*4,6,15H,5H2,1-3H3;4-5,15H,6H2,1-3H3;3,5,7H,4,6H2,1-2H3;2-4,10H,9H2,1H3;2-3H2,1H3,(H,7,8);1H. The van der Waals surface area contributed by atoms with Crippen molar-refractivity contribution in [2.24, 2.45) is 10.9 Å². The van der Waals surface area contributed by atoms with E-state index >= 15 is 0 Å². The SMILES string of the molecule is CC(=O)CCC(=O)O.CC1=NN(c2ccc(C)c(Cl)c2)C(=O)CC1.COC(=O)Cc1c(C)[nH]c2cc(Cl)c(C)cc12.COC(=O)Cc1c(C)[nH]c2cc(Cl)c(C)cc12.COC(=O)Cc1c(C)[nH]c2ccc(C)c(Cl)c12.Cc1ccc(NN)cc1Cl.Cl. The summed E-state index contributed by atoms with van der Waals surface area (Å²) in [6.45, 7) is 18.9. The fourth-order valence-corrected chi connectivity index (χ4v) is 9.41. The maximum Gasteiger partial charge on any atom is 0.310 e. The number of rotatable bonds is 11. The fraction of sp³-hybridized carbons (Fsp3) is 0.317. The molecule has 7 N–H and O–H groups in total. The van der Waals surface area contributed by atoms with Crippen LogP contribution in [0.3, 0.4) is 0 Å². The van der Waals surface area contributed by atoms with Crippen LogP contribution in [0.15, 0.2) is 77.9 Å². The van der Waals surface area contributed by atoms with Crippen LogP contribution in [0.25, 0.3) is 32.7 Å². The number of aliphatic carboxylic acids is 1. The molecule has 0 saturated carbocycles. The van der Waals surface area contributed by atoms with Gasteiger partial charge in [-0.15, -0.1) is 12.4 Å². The number of hydrogen-bond acceptors (Lipinski definition) is 12. The van der Waals surface area contributed by atoms with Crippen LogP contribution in [0, 0.1) is 55.4 Å². The van der Waals surface area contributed by atoms with Gasteiger partial charge in [0, 0.05) is 94.1 Å². The van der Waals surface area contributed by atoms with Crippen molar-refractivity contribution in [3.63, 3.8) is 0 Å². The van der Waals surface area contributed by atoms with Crippen LogP contribution in [-0.4, -0.2) is 82.7 Å². The van der Waals surface area contributed by atoms with Gasteiger partial charge in [0.1, 0.15) is 5.78 Å². The largest absolute Gasteiger partial charge is 0.481 e. The highest BCUT2D eigenvalue weighted by molar-refractivity contribution is 6.36. The molecular formula is C63H73Cl6N7O10. The van der Waals surface area contributed by atoms with E-state index in [4.69, 9.17) is 83.2 Å². The molecule has 0 unspecified atom stereocenters. The molecule has 462 valence electrons. The van der Waals surface area contributed by atoms with Crippen molar-refractivity contribution < 1.29 is 48.1 Å². The molecule has 23 heteroatoms. The third kappa shape index (κ3) is 20.8. The lowest BCUT2D eigenvalue weighted by molar-refractivity contribution is -0.140. The van der Waals surface area contributed by atoms with E-state index in [1.54, 1.807) is 12.1 Å². The number of benzene rings is 5. The van der Waals surface area contributed by atoms with Gasteiger partial charge in [-0.25, -0.2) is 5.01 Å². The lowest BCUT2D eigenvalue weighted by Gasteiger charge is -2.22. The smallest absolute Gasteiger partial charge is 0.310 e. The third-order valence-corrected chi connectivity index (χ3v) is 15.6. The van der Waals surface area contributed by atoms with Crippen LogP contribution < -0.4 is 16.3 Å². The number of ether oxygens (including phenoxy) is 3. The van der Waals surface area contributed by atoms with Crippen molar-refractivity contribution >= 4 is 156 Å². The number of nitrogens with two attached hydrogens (primary N) is 1. The number of ketones is 1. The minimum Gasteiger partial charge on any atom is -0.481 e. The topological polar surface area (TPSA) is 251 Å². The number of aromatic nitrogens is 3. The molecule has 0 radical (unpaired) electrons. The van der Waals surface area contributed by atoms with E-state index in [1.807, 2.05) is 123 Å². The predicted molar refractivity (Wildman–Crippen MR) is 350 cm³/mol. The first-order valence-electron chi connectivity index (χ1n) is 26.6. The normalized spacial score (nSPS) is 11.4. The number of anilines is 2. The molecule has 0 fully saturated rings. The summed E-state index contributed by atoms with van der Waals surface area (Å²) in [6, 6.07) is 22.8. The molecular weight excluding hydrogens is 1230 g/mol. The minimum absolute atomic E-state index is 0. The van der Waals surface area contributed by atoms with Gasteiger partial charge in [0.05, 0.1) is 57.7 Å². The van der Waals surface area contributed by atoms with E-state index in [0.29, 0.717) is 16.5 Å². The first kappa shape index (κ1) is 73.2. The molecule has 5 aromatic carbocycles. The highest BCUT2D eigenvalue weighted by Crippen LogP contribution is 2.33. The summed E-state index contributed by atoms with van der Waals surface area (Å²) in [5.41, 5.74) is 18.8. The summed E-state index contributed by atoms with van der Waals surface area (Å²) in [7, 11) is 4.18. The first-order valence-corrected chi connectivity index (χ1v) is 28.5. The van der Waals surface area contributed by atoms with Gasteiger partial charge in [-0.3, -0.25) is 29.8 Å². The second-order valence-corrected chi connectivity index (χ2v) is 22.0. The number of halogens is 6. The van der Waals surface area contributed by atoms with Gasteiger partial charge in [-0.05, 0) is 175 Å². The highest BCUT2D eigenvalue weighted by Gasteiger charge is 2.21. The number of aryl methyl sites for hydroxylation is 8. The van der Waals surface area contributed by atoms with Crippen molar-refractivity contribution in [1.82, 2.24) is 15.0 Å². The van der Waals surface area contributed by atoms with Crippen LogP contribution in [0.4, 0.5) is 11.4 Å². The van der Waals surface area contributed by atoms with E-state index in [1.165, 1.54) is 33.3 Å². The molecule has 17 nitrogen and oxygen atoms in total. The number of nitrogen functional groups attached to an aromatic ring is 1. The van der Waals surface area contributed by atoms with Crippen LogP contribution in [0.2, 0.25) is 25.1 Å². The lowest BCUT2D eigenvalue weighted by Crippen LogP contribution is -2.30. The molecule has 0 spiro atoms. The van der Waals surface area contributed by atoms with E-state index in [-0.39, 0.29) is 74.1 Å². The number of fused-ring (bicyclic) bond motifs is 3. The monoisotopic (exact) mass is 1300 g/mol. The lowest BCUT2D eigenvalue weighted by atomic mass is 10.1. The van der Waals surface area contributed by atoms with Gasteiger partial charge >= 0.3 is 23.9 Å². The molecule has 3 aromatic heterocycles. The van der Waals surface area contributed by atoms with Gasteiger partial charge < -0.3 is 44.5 Å². The van der Waals surface area contributed by atoms with E-state index < -0.39 is 5.97 Å². The molecule has 1 amide bonds. The number of carboxylic acid groups (broad SMARTS) is 1. The summed E-state index contributed by atoms with van der Waals surface area (Å²) in [5.74, 6) is 3.46. The number of nitrogens with zero attached hydrogens (tertiary/aromatic N) is 2. The molecule has 0 aliphatic carbocycles. The predicted octanol–water partition coefficient (Wildman–Crippen LogP) is 15.4. The zero-order valence-electron chi connectivity index (χ0n) is 50.3. The van der Waals surface area contributed by atoms with Crippen molar-refractivity contribution in [3.05, 3.63) is 159 Å². The average molecular weight is 1300 g/mol. The second-order valence-electron chi connectivity index (χ2n) is 20.0. The number of hydrazone groups is 1. The Labute approximate surface area is 531 Å². The third-order valence-electron chi connectivity index (χ3n) is 13.5. The fourth-order valence-electron chi connectivity index (χ4n) is 8.45. The first-order chi connectivity index (χ1) is 40.0. The summed E-state index contributed by atoms with van der Waals surface area (Å²) in [4.78, 5) is 75.4. The number of carboxylic acids is 1. The number of H-pyrrole nitrogens is 3. The van der Waals surface area contributed by atoms with Gasteiger partial charge in [-0.1, -0.05) is 76.2 Å². The summed E-state index contributed by atoms with van der Waals surface area (Å²) < 4.78 is 14.1. The molecule has 0 saturated heterocycles. The number of methoxy groups -OCH3 is 3. The summed E-state index contributed by atoms with van der Waals surface area (Å²) >= 11 is 30.3. The van der Waals surface area contributed by atoms with Gasteiger partial charge in [-0.2, -0.15) is 5.10 Å². The number of aromatic amines is 3. The number of carbonyl (C=O) groups excluding carboxylic acids is 5. The molecule has 4 heterocycles. The number of hydrogen-bond donors (Lipinski definition) is 6. The quantitative estimate of drug-likeness (QED) is 0.0306. The Bertz CT molecular complexity index is 3660. The molecule has 0 atom stereocenters. The molecule has 1 aliphatic rings. The van der Waals surface area contributed by atoms with Crippen LogP contribution in [-0.2, 0) is 62.2 Å². The number of esters is 3. The zero-order chi connectivity index (χ0) is 63.6. The maximum absolute atomic E-state index is 11.7.